The fourth-order valence-electron chi connectivity index (χ4n) is 5.09. The van der Waals surface area contributed by atoms with Crippen LogP contribution < -0.4 is 15.8 Å². The summed E-state index contributed by atoms with van der Waals surface area (Å²) in [6.45, 7) is 0.304. The van der Waals surface area contributed by atoms with Crippen LogP contribution in [0.4, 0.5) is 4.79 Å². The van der Waals surface area contributed by atoms with Gasteiger partial charge in [-0.1, -0.05) is 18.6 Å². The predicted molar refractivity (Wildman–Crippen MR) is 128 cm³/mol. The van der Waals surface area contributed by atoms with Crippen LogP contribution in [0.5, 0.6) is 0 Å². The number of carbonyl (C=O) groups is 4. The Bertz CT molecular complexity index is 1040. The molecule has 2 saturated carbocycles. The fraction of sp³-hybridized carbons (Fsp3) is 0.739. The lowest BCUT2D eigenvalue weighted by molar-refractivity contribution is -0.146. The van der Waals surface area contributed by atoms with E-state index in [1.54, 1.807) is 0 Å². The van der Waals surface area contributed by atoms with Gasteiger partial charge in [0.1, 0.15) is 11.6 Å². The van der Waals surface area contributed by atoms with E-state index < -0.39 is 51.7 Å². The lowest BCUT2D eigenvalue weighted by atomic mass is 10.1. The van der Waals surface area contributed by atoms with E-state index in [2.05, 4.69) is 10.0 Å². The lowest BCUT2D eigenvalue weighted by Gasteiger charge is -2.29. The van der Waals surface area contributed by atoms with Gasteiger partial charge in [-0.2, -0.15) is 12.7 Å². The second-order valence-corrected chi connectivity index (χ2v) is 11.9. The molecule has 0 aromatic heterocycles. The summed E-state index contributed by atoms with van der Waals surface area (Å²) < 4.78 is 33.8. The molecule has 0 bridgehead atoms. The first kappa shape index (κ1) is 26.4. The normalized spacial score (nSPS) is 32.4. The summed E-state index contributed by atoms with van der Waals surface area (Å²) in [4.78, 5) is 52.7. The Morgan fingerprint density at radius 3 is 2.61 bits per heavy atom. The summed E-state index contributed by atoms with van der Waals surface area (Å²) in [5, 5.41) is 2.78. The van der Waals surface area contributed by atoms with Crippen LogP contribution in [0.3, 0.4) is 0 Å². The predicted octanol–water partition coefficient (Wildman–Crippen LogP) is 0.292. The third kappa shape index (κ3) is 5.66. The zero-order chi connectivity index (χ0) is 26.1. The Morgan fingerprint density at radius 2 is 1.92 bits per heavy atom. The Kier molecular flexibility index (Phi) is 7.60. The quantitative estimate of drug-likeness (QED) is 0.434. The highest BCUT2D eigenvalue weighted by Crippen LogP contribution is 2.46. The van der Waals surface area contributed by atoms with E-state index in [-0.39, 0.29) is 18.4 Å². The first-order chi connectivity index (χ1) is 17.0. The summed E-state index contributed by atoms with van der Waals surface area (Å²) in [7, 11) is -2.62. The van der Waals surface area contributed by atoms with Gasteiger partial charge < -0.3 is 20.7 Å². The van der Waals surface area contributed by atoms with Gasteiger partial charge >= 0.3 is 16.3 Å². The molecule has 1 saturated heterocycles. The highest BCUT2D eigenvalue weighted by atomic mass is 32.2. The first-order valence-corrected chi connectivity index (χ1v) is 14.0. The molecule has 0 aromatic carbocycles. The molecule has 0 aromatic rings. The van der Waals surface area contributed by atoms with Gasteiger partial charge in [0.15, 0.2) is 6.10 Å². The molecule has 2 heterocycles. The van der Waals surface area contributed by atoms with Gasteiger partial charge in [0.05, 0.1) is 0 Å². The highest BCUT2D eigenvalue weighted by molar-refractivity contribution is 7.87. The summed E-state index contributed by atoms with van der Waals surface area (Å²) in [5.41, 5.74) is 3.77. The molecule has 3 fully saturated rings. The topological polar surface area (TPSA) is 168 Å². The number of ether oxygens (including phenoxy) is 1. The van der Waals surface area contributed by atoms with Gasteiger partial charge in [-0.05, 0) is 57.8 Å². The lowest BCUT2D eigenvalue weighted by Crippen LogP contribution is -2.58. The van der Waals surface area contributed by atoms with Gasteiger partial charge in [-0.15, -0.1) is 0 Å². The van der Waals surface area contributed by atoms with Crippen molar-refractivity contribution in [1.82, 2.24) is 19.2 Å². The van der Waals surface area contributed by atoms with Crippen LogP contribution in [0.25, 0.3) is 0 Å². The van der Waals surface area contributed by atoms with Crippen LogP contribution in [0, 0.1) is 5.92 Å². The summed E-state index contributed by atoms with van der Waals surface area (Å²) >= 11 is 0. The number of amides is 4. The zero-order valence-electron chi connectivity index (χ0n) is 20.5. The number of hydrogen-bond acceptors (Lipinski definition) is 7. The third-order valence-electron chi connectivity index (χ3n) is 7.51. The molecule has 4 amide bonds. The van der Waals surface area contributed by atoms with Gasteiger partial charge in [-0.3, -0.25) is 14.4 Å². The summed E-state index contributed by atoms with van der Waals surface area (Å²) in [5.74, 6) is -2.16. The molecule has 12 nitrogen and oxygen atoms in total. The van der Waals surface area contributed by atoms with Crippen molar-refractivity contribution in [3.8, 4) is 0 Å². The minimum absolute atomic E-state index is 0.126. The number of rotatable bonds is 5. The van der Waals surface area contributed by atoms with E-state index in [0.29, 0.717) is 32.2 Å². The number of nitrogens with zero attached hydrogens (tertiary/aromatic N) is 2. The Labute approximate surface area is 211 Å². The van der Waals surface area contributed by atoms with Crippen molar-refractivity contribution in [2.45, 2.75) is 87.9 Å². The van der Waals surface area contributed by atoms with Crippen molar-refractivity contribution in [3.63, 3.8) is 0 Å². The maximum atomic E-state index is 13.4. The van der Waals surface area contributed by atoms with Crippen molar-refractivity contribution in [2.24, 2.45) is 11.7 Å². The number of primary amides is 1. The molecular weight excluding hydrogens is 490 g/mol. The highest BCUT2D eigenvalue weighted by Gasteiger charge is 2.61. The van der Waals surface area contributed by atoms with Crippen LogP contribution >= 0.6 is 0 Å². The van der Waals surface area contributed by atoms with Crippen LogP contribution in [-0.2, 0) is 29.3 Å². The number of allylic oxidation sites excluding steroid dienone is 1. The van der Waals surface area contributed by atoms with Crippen molar-refractivity contribution >= 4 is 34.0 Å². The van der Waals surface area contributed by atoms with Crippen LogP contribution in [0.1, 0.15) is 64.2 Å². The van der Waals surface area contributed by atoms with Crippen LogP contribution in [0.2, 0.25) is 0 Å². The number of hydrogen-bond donors (Lipinski definition) is 3. The SMILES string of the molecule is CN(C1CC1)S(=O)(=O)NC(=O)C12CC1/C=C/CCCCCC(OC(N)=O)C(=O)N1CCCC1C(=O)N2. The average Bonchev–Trinajstić information content (AvgIpc) is 3.72. The summed E-state index contributed by atoms with van der Waals surface area (Å²) in [6, 6.07) is -0.985. The molecule has 4 N–H and O–H groups in total. The van der Waals surface area contributed by atoms with Gasteiger partial charge in [-0.25, -0.2) is 9.52 Å². The molecule has 2 aliphatic carbocycles. The van der Waals surface area contributed by atoms with Gasteiger partial charge in [0.25, 0.3) is 11.8 Å². The zero-order valence-corrected chi connectivity index (χ0v) is 21.3. The van der Waals surface area contributed by atoms with E-state index >= 15 is 0 Å². The molecule has 200 valence electrons. The van der Waals surface area contributed by atoms with E-state index in [1.165, 1.54) is 11.9 Å². The minimum atomic E-state index is -4.05. The largest absolute Gasteiger partial charge is 0.436 e. The van der Waals surface area contributed by atoms with Crippen LogP contribution in [0.15, 0.2) is 12.2 Å². The molecule has 4 aliphatic rings. The smallest absolute Gasteiger partial charge is 0.405 e. The van der Waals surface area contributed by atoms with Gasteiger partial charge in [0, 0.05) is 25.6 Å². The van der Waals surface area contributed by atoms with Gasteiger partial charge in [0.2, 0.25) is 5.91 Å². The maximum absolute atomic E-state index is 13.4. The standard InChI is InChI=1S/C23H35N5O7S/c1-27(16-11-12-16)36(33,34)26-21(31)23-14-15(23)8-5-3-2-4-6-10-18(35-22(24)32)20(30)28-13-7-9-17(28)19(29)25-23/h5,8,15-18H,2-4,6-7,9-14H2,1H3,(H2,24,32)(H,25,29)(H,26,31)/b8-5+. The maximum Gasteiger partial charge on any atom is 0.405 e. The molecule has 13 heteroatoms. The monoisotopic (exact) mass is 525 g/mol. The molecule has 4 atom stereocenters. The van der Waals surface area contributed by atoms with Crippen LogP contribution in [-0.4, -0.2) is 78.8 Å². The second kappa shape index (κ2) is 10.4. The molecule has 2 aliphatic heterocycles. The molecule has 4 unspecified atom stereocenters. The van der Waals surface area contributed by atoms with Crippen molar-refractivity contribution in [1.29, 1.82) is 0 Å². The van der Waals surface area contributed by atoms with Crippen molar-refractivity contribution in [3.05, 3.63) is 12.2 Å². The summed E-state index contributed by atoms with van der Waals surface area (Å²) in [6.07, 6.45) is 7.61. The second-order valence-electron chi connectivity index (χ2n) is 10.1. The number of fused-ring (bicyclic) bond motifs is 2. The Morgan fingerprint density at radius 1 is 1.17 bits per heavy atom. The fourth-order valence-corrected chi connectivity index (χ4v) is 6.25. The van der Waals surface area contributed by atoms with E-state index in [0.717, 1.165) is 36.4 Å². The van der Waals surface area contributed by atoms with Crippen molar-refractivity contribution in [2.75, 3.05) is 13.6 Å². The number of nitrogens with one attached hydrogen (secondary N) is 2. The number of nitrogens with two attached hydrogens (primary N) is 1. The molecular formula is C23H35N5O7S. The molecule has 4 rings (SSSR count). The minimum Gasteiger partial charge on any atom is -0.436 e. The first-order valence-electron chi connectivity index (χ1n) is 12.6. The third-order valence-corrected chi connectivity index (χ3v) is 9.01. The molecule has 0 spiro atoms. The molecule has 36 heavy (non-hydrogen) atoms. The Hall–Kier alpha value is -2.67. The van der Waals surface area contributed by atoms with Crippen molar-refractivity contribution < 1.29 is 32.3 Å². The number of carbonyl (C=O) groups excluding carboxylic acids is 4. The Balaban J connectivity index is 1.56. The van der Waals surface area contributed by atoms with E-state index in [4.69, 9.17) is 10.5 Å². The molecule has 0 radical (unpaired) electrons. The van der Waals surface area contributed by atoms with E-state index in [1.807, 2.05) is 12.2 Å². The van der Waals surface area contributed by atoms with E-state index in [9.17, 15) is 27.6 Å². The average molecular weight is 526 g/mol.